The Hall–Kier alpha value is -3.16. The molecule has 7 heteroatoms. The number of sulfonamides is 1. The van der Waals surface area contributed by atoms with Gasteiger partial charge in [0.2, 0.25) is 10.0 Å². The monoisotopic (exact) mass is 452 g/mol. The van der Waals surface area contributed by atoms with Crippen molar-refractivity contribution in [1.82, 2.24) is 9.62 Å². The molecule has 3 rings (SSSR count). The second-order valence-electron chi connectivity index (χ2n) is 7.38. The molecule has 0 heterocycles. The molecule has 0 aliphatic carbocycles. The first kappa shape index (κ1) is 23.5. The van der Waals surface area contributed by atoms with Crippen LogP contribution >= 0.6 is 0 Å². The van der Waals surface area contributed by atoms with Gasteiger partial charge in [-0.1, -0.05) is 67.6 Å². The Kier molecular flexibility index (Phi) is 8.41. The zero-order valence-electron chi connectivity index (χ0n) is 18.1. The van der Waals surface area contributed by atoms with Gasteiger partial charge in [-0.15, -0.1) is 0 Å². The molecular formula is C25H28N2O4S. The molecule has 0 saturated carbocycles. The first-order chi connectivity index (χ1) is 15.5. The van der Waals surface area contributed by atoms with E-state index in [9.17, 15) is 13.2 Å². The molecule has 3 aromatic carbocycles. The molecule has 0 fully saturated rings. The van der Waals surface area contributed by atoms with E-state index in [1.165, 1.54) is 12.1 Å². The Balaban J connectivity index is 1.65. The van der Waals surface area contributed by atoms with E-state index in [0.717, 1.165) is 11.1 Å². The first-order valence-electron chi connectivity index (χ1n) is 10.6. The van der Waals surface area contributed by atoms with Crippen molar-refractivity contribution in [2.24, 2.45) is 0 Å². The molecule has 3 aromatic rings. The molecule has 0 aliphatic rings. The van der Waals surface area contributed by atoms with Crippen LogP contribution in [0.1, 0.15) is 24.5 Å². The fourth-order valence-electron chi connectivity index (χ4n) is 3.11. The molecule has 0 aromatic heterocycles. The Morgan fingerprint density at radius 3 is 1.88 bits per heavy atom. The first-order valence-corrected chi connectivity index (χ1v) is 12.0. The molecule has 0 atom stereocenters. The third-order valence-electron chi connectivity index (χ3n) is 4.82. The maximum atomic E-state index is 13.0. The Morgan fingerprint density at radius 1 is 0.844 bits per heavy atom. The average Bonchev–Trinajstić information content (AvgIpc) is 2.82. The van der Waals surface area contributed by atoms with Crippen LogP contribution in [0.15, 0.2) is 89.8 Å². The van der Waals surface area contributed by atoms with E-state index in [4.69, 9.17) is 4.74 Å². The van der Waals surface area contributed by atoms with Gasteiger partial charge in [0.15, 0.2) is 6.61 Å². The number of rotatable bonds is 11. The van der Waals surface area contributed by atoms with Crippen molar-refractivity contribution >= 4 is 15.9 Å². The largest absolute Gasteiger partial charge is 0.484 e. The third kappa shape index (κ3) is 6.93. The second-order valence-corrected chi connectivity index (χ2v) is 9.15. The maximum Gasteiger partial charge on any atom is 0.261 e. The lowest BCUT2D eigenvalue weighted by Gasteiger charge is -2.23. The average molecular weight is 453 g/mol. The van der Waals surface area contributed by atoms with E-state index in [0.29, 0.717) is 31.8 Å². The van der Waals surface area contributed by atoms with Gasteiger partial charge in [0.25, 0.3) is 5.91 Å². The highest BCUT2D eigenvalue weighted by Crippen LogP contribution is 2.17. The van der Waals surface area contributed by atoms with Crippen molar-refractivity contribution in [1.29, 1.82) is 0 Å². The molecular weight excluding hydrogens is 424 g/mol. The smallest absolute Gasteiger partial charge is 0.261 e. The summed E-state index contributed by atoms with van der Waals surface area (Å²) in [7, 11) is -3.53. The number of amides is 1. The van der Waals surface area contributed by atoms with Crippen molar-refractivity contribution in [2.45, 2.75) is 31.3 Å². The van der Waals surface area contributed by atoms with Crippen LogP contribution in [0.4, 0.5) is 0 Å². The number of benzene rings is 3. The van der Waals surface area contributed by atoms with Gasteiger partial charge >= 0.3 is 0 Å². The van der Waals surface area contributed by atoms with Crippen LogP contribution in [-0.4, -0.2) is 32.4 Å². The minimum atomic E-state index is -3.53. The molecule has 0 aliphatic heterocycles. The van der Waals surface area contributed by atoms with E-state index >= 15 is 0 Å². The minimum absolute atomic E-state index is 0.139. The van der Waals surface area contributed by atoms with Crippen LogP contribution in [0.25, 0.3) is 0 Å². The van der Waals surface area contributed by atoms with E-state index in [1.807, 2.05) is 67.6 Å². The quantitative estimate of drug-likeness (QED) is 0.477. The van der Waals surface area contributed by atoms with Gasteiger partial charge < -0.3 is 9.64 Å². The molecule has 6 nitrogen and oxygen atoms in total. The summed E-state index contributed by atoms with van der Waals surface area (Å²) >= 11 is 0. The highest BCUT2D eigenvalue weighted by molar-refractivity contribution is 7.89. The number of hydrogen-bond acceptors (Lipinski definition) is 4. The van der Waals surface area contributed by atoms with Gasteiger partial charge in [0, 0.05) is 19.6 Å². The summed E-state index contributed by atoms with van der Waals surface area (Å²) in [5.74, 6) is 0.284. The van der Waals surface area contributed by atoms with Crippen LogP contribution in [0.5, 0.6) is 5.75 Å². The SMILES string of the molecule is CCCNS(=O)(=O)c1ccc(OCC(=O)N(Cc2ccccc2)Cc2ccccc2)cc1. The zero-order chi connectivity index (χ0) is 22.8. The number of ether oxygens (including phenoxy) is 1. The summed E-state index contributed by atoms with van der Waals surface area (Å²) in [6.45, 7) is 3.08. The Bertz CT molecular complexity index is 1040. The summed E-state index contributed by atoms with van der Waals surface area (Å²) in [5, 5.41) is 0. The maximum absolute atomic E-state index is 13.0. The van der Waals surface area contributed by atoms with E-state index < -0.39 is 10.0 Å². The molecule has 32 heavy (non-hydrogen) atoms. The number of nitrogens with one attached hydrogen (secondary N) is 1. The predicted molar refractivity (Wildman–Crippen MR) is 125 cm³/mol. The number of carbonyl (C=O) groups excluding carboxylic acids is 1. The number of nitrogens with zero attached hydrogens (tertiary/aromatic N) is 1. The highest BCUT2D eigenvalue weighted by Gasteiger charge is 2.17. The third-order valence-corrected chi connectivity index (χ3v) is 6.30. The van der Waals surface area contributed by atoms with Gasteiger partial charge in [0.1, 0.15) is 5.75 Å². The fourth-order valence-corrected chi connectivity index (χ4v) is 4.24. The van der Waals surface area contributed by atoms with Crippen molar-refractivity contribution in [2.75, 3.05) is 13.2 Å². The lowest BCUT2D eigenvalue weighted by Crippen LogP contribution is -2.34. The van der Waals surface area contributed by atoms with Crippen LogP contribution in [0.3, 0.4) is 0 Å². The van der Waals surface area contributed by atoms with Crippen molar-refractivity contribution in [3.8, 4) is 5.75 Å². The Labute approximate surface area is 189 Å². The predicted octanol–water partition coefficient (Wildman–Crippen LogP) is 3.98. The van der Waals surface area contributed by atoms with E-state index in [1.54, 1.807) is 17.0 Å². The Morgan fingerprint density at radius 2 is 1.38 bits per heavy atom. The van der Waals surface area contributed by atoms with Crippen molar-refractivity contribution in [3.63, 3.8) is 0 Å². The normalized spacial score (nSPS) is 11.2. The summed E-state index contributed by atoms with van der Waals surface area (Å²) in [6, 6.07) is 25.7. The van der Waals surface area contributed by atoms with Gasteiger partial charge in [-0.3, -0.25) is 4.79 Å². The van der Waals surface area contributed by atoms with Crippen LogP contribution < -0.4 is 9.46 Å². The second kappa shape index (κ2) is 11.5. The van der Waals surface area contributed by atoms with Crippen molar-refractivity contribution < 1.29 is 17.9 Å². The molecule has 0 unspecified atom stereocenters. The summed E-state index contributed by atoms with van der Waals surface area (Å²) in [5.41, 5.74) is 2.07. The lowest BCUT2D eigenvalue weighted by atomic mass is 10.1. The summed E-state index contributed by atoms with van der Waals surface area (Å²) in [4.78, 5) is 14.9. The van der Waals surface area contributed by atoms with Gasteiger partial charge in [-0.05, 0) is 41.8 Å². The van der Waals surface area contributed by atoms with Crippen LogP contribution in [0.2, 0.25) is 0 Å². The molecule has 0 saturated heterocycles. The molecule has 1 amide bonds. The molecule has 0 spiro atoms. The molecule has 1 N–H and O–H groups in total. The van der Waals surface area contributed by atoms with E-state index in [2.05, 4.69) is 4.72 Å². The van der Waals surface area contributed by atoms with Crippen LogP contribution in [-0.2, 0) is 27.9 Å². The standard InChI is InChI=1S/C25H28N2O4S/c1-2-17-26-32(29,30)24-15-13-23(14-16-24)31-20-25(28)27(18-21-9-5-3-6-10-21)19-22-11-7-4-8-12-22/h3-16,26H,2,17-20H2,1H3. The topological polar surface area (TPSA) is 75.7 Å². The summed E-state index contributed by atoms with van der Waals surface area (Å²) in [6.07, 6.45) is 0.713. The van der Waals surface area contributed by atoms with Crippen LogP contribution in [0, 0.1) is 0 Å². The van der Waals surface area contributed by atoms with Gasteiger partial charge in [0.05, 0.1) is 4.90 Å². The fraction of sp³-hybridized carbons (Fsp3) is 0.240. The number of carbonyl (C=O) groups is 1. The molecule has 0 radical (unpaired) electrons. The van der Waals surface area contributed by atoms with Gasteiger partial charge in [-0.2, -0.15) is 0 Å². The summed E-state index contributed by atoms with van der Waals surface area (Å²) < 4.78 is 32.6. The molecule has 168 valence electrons. The van der Waals surface area contributed by atoms with E-state index in [-0.39, 0.29) is 17.4 Å². The zero-order valence-corrected chi connectivity index (χ0v) is 18.9. The lowest BCUT2D eigenvalue weighted by molar-refractivity contribution is -0.134. The minimum Gasteiger partial charge on any atom is -0.484 e. The molecule has 0 bridgehead atoms. The highest BCUT2D eigenvalue weighted by atomic mass is 32.2. The number of hydrogen-bond donors (Lipinski definition) is 1. The van der Waals surface area contributed by atoms with Gasteiger partial charge in [-0.25, -0.2) is 13.1 Å². The van der Waals surface area contributed by atoms with Crippen molar-refractivity contribution in [3.05, 3.63) is 96.1 Å².